The summed E-state index contributed by atoms with van der Waals surface area (Å²) in [5.74, 6) is -0.619. The first-order chi connectivity index (χ1) is 12.1. The van der Waals surface area contributed by atoms with E-state index in [1.54, 1.807) is 31.2 Å². The van der Waals surface area contributed by atoms with Gasteiger partial charge in [-0.1, -0.05) is 12.1 Å². The molecule has 3 rings (SSSR count). The summed E-state index contributed by atoms with van der Waals surface area (Å²) in [6.45, 7) is 4.84. The van der Waals surface area contributed by atoms with E-state index in [2.05, 4.69) is 0 Å². The van der Waals surface area contributed by atoms with E-state index < -0.39 is 0 Å². The molecule has 0 spiro atoms. The molecule has 2 fully saturated rings. The van der Waals surface area contributed by atoms with Gasteiger partial charge in [-0.25, -0.2) is 4.90 Å². The van der Waals surface area contributed by atoms with Crippen molar-refractivity contribution in [3.8, 4) is 0 Å². The van der Waals surface area contributed by atoms with Crippen LogP contribution in [0.25, 0.3) is 0 Å². The number of quaternary nitrogens is 1. The van der Waals surface area contributed by atoms with E-state index in [0.29, 0.717) is 25.5 Å². The van der Waals surface area contributed by atoms with Crippen molar-refractivity contribution in [3.63, 3.8) is 0 Å². The Morgan fingerprint density at radius 2 is 1.92 bits per heavy atom. The second-order valence-electron chi connectivity index (χ2n) is 6.24. The number of amides is 2. The maximum atomic E-state index is 12.7. The van der Waals surface area contributed by atoms with Gasteiger partial charge in [-0.15, -0.1) is 0 Å². The second kappa shape index (κ2) is 7.76. The monoisotopic (exact) mass is 347 g/mol. The lowest BCUT2D eigenvalue weighted by Gasteiger charge is -2.27. The molecule has 1 aromatic carbocycles. The number of imide groups is 1. The third-order valence-corrected chi connectivity index (χ3v) is 4.62. The number of carbonyl (C=O) groups is 3. The number of carbonyl (C=O) groups excluding carboxylic acids is 3. The van der Waals surface area contributed by atoms with Gasteiger partial charge < -0.3 is 14.4 Å². The van der Waals surface area contributed by atoms with Gasteiger partial charge in [0, 0.05) is 0 Å². The lowest BCUT2D eigenvalue weighted by molar-refractivity contribution is -0.922. The summed E-state index contributed by atoms with van der Waals surface area (Å²) in [5.41, 5.74) is 1.34. The molecule has 25 heavy (non-hydrogen) atoms. The molecule has 7 heteroatoms. The molecule has 7 nitrogen and oxygen atoms in total. The average Bonchev–Trinajstić information content (AvgIpc) is 2.91. The Hall–Kier alpha value is -2.25. The standard InChI is InChI=1S/C18H22N2O5/c1-2-25-17(22)11-13-3-5-14(6-4-13)20-16(21)12-15(18(20)23)19-7-9-24-10-8-19/h3-6,15H,2,7-12H2,1H3/p+1/t15-/m1/s1. The van der Waals surface area contributed by atoms with E-state index in [9.17, 15) is 14.4 Å². The fraction of sp³-hybridized carbons (Fsp3) is 0.500. The Kier molecular flexibility index (Phi) is 5.45. The predicted molar refractivity (Wildman–Crippen MR) is 89.2 cm³/mol. The van der Waals surface area contributed by atoms with Crippen molar-refractivity contribution < 1.29 is 28.8 Å². The minimum Gasteiger partial charge on any atom is -0.466 e. The predicted octanol–water partition coefficient (Wildman–Crippen LogP) is -0.661. The Morgan fingerprint density at radius 3 is 2.56 bits per heavy atom. The summed E-state index contributed by atoms with van der Waals surface area (Å²) in [6.07, 6.45) is 0.412. The zero-order valence-corrected chi connectivity index (χ0v) is 14.3. The fourth-order valence-corrected chi connectivity index (χ4v) is 3.35. The summed E-state index contributed by atoms with van der Waals surface area (Å²) in [5, 5.41) is 0. The zero-order valence-electron chi connectivity index (χ0n) is 14.3. The van der Waals surface area contributed by atoms with Gasteiger partial charge in [0.15, 0.2) is 6.04 Å². The molecule has 2 aliphatic rings. The van der Waals surface area contributed by atoms with E-state index in [4.69, 9.17) is 9.47 Å². The summed E-state index contributed by atoms with van der Waals surface area (Å²) < 4.78 is 10.2. The van der Waals surface area contributed by atoms with Crippen LogP contribution in [-0.4, -0.2) is 56.7 Å². The van der Waals surface area contributed by atoms with Crippen LogP contribution in [0.5, 0.6) is 0 Å². The lowest BCUT2D eigenvalue weighted by atomic mass is 10.1. The molecule has 2 saturated heterocycles. The molecule has 0 bridgehead atoms. The van der Waals surface area contributed by atoms with Crippen LogP contribution >= 0.6 is 0 Å². The van der Waals surface area contributed by atoms with Gasteiger partial charge in [-0.3, -0.25) is 14.4 Å². The molecular weight excluding hydrogens is 324 g/mol. The highest BCUT2D eigenvalue weighted by Gasteiger charge is 2.46. The fourth-order valence-electron chi connectivity index (χ4n) is 3.35. The molecule has 0 aromatic heterocycles. The lowest BCUT2D eigenvalue weighted by Crippen LogP contribution is -3.18. The quantitative estimate of drug-likeness (QED) is 0.565. The number of morpholine rings is 1. The average molecular weight is 347 g/mol. The molecule has 1 N–H and O–H groups in total. The number of anilines is 1. The molecule has 0 radical (unpaired) electrons. The van der Waals surface area contributed by atoms with Crippen LogP contribution in [0, 0.1) is 0 Å². The Morgan fingerprint density at radius 1 is 1.24 bits per heavy atom. The minimum atomic E-state index is -0.324. The van der Waals surface area contributed by atoms with Gasteiger partial charge in [0.1, 0.15) is 13.1 Å². The normalized spacial score (nSPS) is 21.6. The summed E-state index contributed by atoms with van der Waals surface area (Å²) in [6, 6.07) is 6.60. The van der Waals surface area contributed by atoms with Crippen molar-refractivity contribution >= 4 is 23.5 Å². The smallest absolute Gasteiger partial charge is 0.310 e. The van der Waals surface area contributed by atoms with Crippen LogP contribution in [0.4, 0.5) is 5.69 Å². The molecule has 0 aliphatic carbocycles. The zero-order chi connectivity index (χ0) is 17.8. The van der Waals surface area contributed by atoms with E-state index in [0.717, 1.165) is 23.6 Å². The number of hydrogen-bond acceptors (Lipinski definition) is 5. The Balaban J connectivity index is 1.69. The number of esters is 1. The molecule has 2 heterocycles. The third kappa shape index (κ3) is 3.88. The van der Waals surface area contributed by atoms with Crippen molar-refractivity contribution in [2.45, 2.75) is 25.8 Å². The molecule has 134 valence electrons. The van der Waals surface area contributed by atoms with Crippen LogP contribution in [-0.2, 0) is 30.3 Å². The third-order valence-electron chi connectivity index (χ3n) is 4.62. The van der Waals surface area contributed by atoms with Crippen LogP contribution in [0.2, 0.25) is 0 Å². The van der Waals surface area contributed by atoms with Crippen molar-refractivity contribution in [2.24, 2.45) is 0 Å². The summed E-state index contributed by atoms with van der Waals surface area (Å²) in [7, 11) is 0. The number of ether oxygens (including phenoxy) is 2. The molecule has 1 atom stereocenters. The SMILES string of the molecule is CCOC(=O)Cc1ccc(N2C(=O)C[C@@H]([NH+]3CCOCC3)C2=O)cc1. The molecule has 2 aliphatic heterocycles. The summed E-state index contributed by atoms with van der Waals surface area (Å²) in [4.78, 5) is 39.0. The first-order valence-electron chi connectivity index (χ1n) is 8.64. The van der Waals surface area contributed by atoms with Crippen LogP contribution in [0.3, 0.4) is 0 Å². The molecular formula is C18H23N2O5+. The van der Waals surface area contributed by atoms with Crippen LogP contribution in [0.1, 0.15) is 18.9 Å². The molecule has 0 saturated carbocycles. The van der Waals surface area contributed by atoms with Crippen molar-refractivity contribution in [1.29, 1.82) is 0 Å². The highest BCUT2D eigenvalue weighted by Crippen LogP contribution is 2.22. The second-order valence-corrected chi connectivity index (χ2v) is 6.24. The molecule has 1 aromatic rings. The van der Waals surface area contributed by atoms with E-state index in [1.807, 2.05) is 0 Å². The van der Waals surface area contributed by atoms with Gasteiger partial charge in [-0.2, -0.15) is 0 Å². The maximum absolute atomic E-state index is 12.7. The first-order valence-corrected chi connectivity index (χ1v) is 8.64. The minimum absolute atomic E-state index is 0.153. The number of benzene rings is 1. The first kappa shape index (κ1) is 17.6. The topological polar surface area (TPSA) is 77.3 Å². The molecule has 2 amide bonds. The Bertz CT molecular complexity index is 652. The van der Waals surface area contributed by atoms with E-state index in [1.165, 1.54) is 4.90 Å². The van der Waals surface area contributed by atoms with E-state index in [-0.39, 0.29) is 36.7 Å². The van der Waals surface area contributed by atoms with Crippen molar-refractivity contribution in [2.75, 3.05) is 37.8 Å². The van der Waals surface area contributed by atoms with Gasteiger partial charge in [0.05, 0.1) is 38.3 Å². The number of nitrogens with zero attached hydrogens (tertiary/aromatic N) is 1. The van der Waals surface area contributed by atoms with Gasteiger partial charge >= 0.3 is 5.97 Å². The van der Waals surface area contributed by atoms with Crippen molar-refractivity contribution in [3.05, 3.63) is 29.8 Å². The number of rotatable bonds is 5. The maximum Gasteiger partial charge on any atom is 0.310 e. The van der Waals surface area contributed by atoms with Gasteiger partial charge in [0.2, 0.25) is 5.91 Å². The van der Waals surface area contributed by atoms with Gasteiger partial charge in [-0.05, 0) is 24.6 Å². The van der Waals surface area contributed by atoms with Crippen LogP contribution in [0.15, 0.2) is 24.3 Å². The summed E-state index contributed by atoms with van der Waals surface area (Å²) >= 11 is 0. The highest BCUT2D eigenvalue weighted by molar-refractivity contribution is 6.21. The Labute approximate surface area is 146 Å². The van der Waals surface area contributed by atoms with Crippen molar-refractivity contribution in [1.82, 2.24) is 0 Å². The highest BCUT2D eigenvalue weighted by atomic mass is 16.5. The largest absolute Gasteiger partial charge is 0.466 e. The van der Waals surface area contributed by atoms with Crippen LogP contribution < -0.4 is 9.80 Å². The number of nitrogens with one attached hydrogen (secondary N) is 1. The molecule has 0 unspecified atom stereocenters. The van der Waals surface area contributed by atoms with Gasteiger partial charge in [0.25, 0.3) is 5.91 Å². The number of hydrogen-bond donors (Lipinski definition) is 1. The van der Waals surface area contributed by atoms with E-state index >= 15 is 0 Å².